The third kappa shape index (κ3) is 5.28. The normalized spacial score (nSPS) is 22.5. The number of furan rings is 1. The molecule has 2 unspecified atom stereocenters. The Labute approximate surface area is 168 Å². The van der Waals surface area contributed by atoms with Gasteiger partial charge in [-0.25, -0.2) is 0 Å². The van der Waals surface area contributed by atoms with Crippen molar-refractivity contribution in [3.8, 4) is 0 Å². The van der Waals surface area contributed by atoms with E-state index in [-0.39, 0.29) is 6.04 Å². The van der Waals surface area contributed by atoms with Crippen LogP contribution >= 0.6 is 0 Å². The number of amides is 1. The van der Waals surface area contributed by atoms with E-state index in [4.69, 9.17) is 9.41 Å². The number of likely N-dealkylation sites (N-methyl/N-ethyl adjacent to an activating group) is 1. The quantitative estimate of drug-likeness (QED) is 0.594. The SMILES string of the molecule is CCC(C)NC(=NCCc1ccco1)N1CCN(C(=O)C2CCCN2C)CC1. The zero-order chi connectivity index (χ0) is 19.9. The first-order chi connectivity index (χ1) is 13.6. The van der Waals surface area contributed by atoms with E-state index in [2.05, 4.69) is 36.0 Å². The molecule has 0 aliphatic carbocycles. The van der Waals surface area contributed by atoms with Crippen molar-refractivity contribution in [2.75, 3.05) is 46.3 Å². The number of carbonyl (C=O) groups excluding carboxylic acids is 1. The highest BCUT2D eigenvalue weighted by Gasteiger charge is 2.33. The molecule has 0 aromatic carbocycles. The Morgan fingerprint density at radius 1 is 1.29 bits per heavy atom. The summed E-state index contributed by atoms with van der Waals surface area (Å²) >= 11 is 0. The zero-order valence-electron chi connectivity index (χ0n) is 17.6. The number of guanidine groups is 1. The second-order valence-electron chi connectivity index (χ2n) is 7.94. The Hall–Kier alpha value is -2.02. The van der Waals surface area contributed by atoms with Gasteiger partial charge < -0.3 is 19.5 Å². The summed E-state index contributed by atoms with van der Waals surface area (Å²) in [6.45, 7) is 9.26. The van der Waals surface area contributed by atoms with E-state index in [0.29, 0.717) is 18.5 Å². The smallest absolute Gasteiger partial charge is 0.240 e. The predicted molar refractivity (Wildman–Crippen MR) is 111 cm³/mol. The average Bonchev–Trinajstić information content (AvgIpc) is 3.38. The van der Waals surface area contributed by atoms with Gasteiger partial charge in [0.1, 0.15) is 5.76 Å². The van der Waals surface area contributed by atoms with E-state index in [9.17, 15) is 4.79 Å². The highest BCUT2D eigenvalue weighted by atomic mass is 16.3. The summed E-state index contributed by atoms with van der Waals surface area (Å²) < 4.78 is 5.41. The lowest BCUT2D eigenvalue weighted by atomic mass is 10.1. The average molecular weight is 390 g/mol. The molecule has 1 N–H and O–H groups in total. The Morgan fingerprint density at radius 2 is 2.04 bits per heavy atom. The number of carbonyl (C=O) groups is 1. The standard InChI is InChI=1S/C21H35N5O2/c1-4-17(2)23-21(22-10-9-18-7-6-16-28-18)26-14-12-25(13-15-26)20(27)19-8-5-11-24(19)3/h6-7,16-17,19H,4-5,8-15H2,1-3H3,(H,22,23). The highest BCUT2D eigenvalue weighted by molar-refractivity contribution is 5.83. The molecule has 2 atom stereocenters. The minimum absolute atomic E-state index is 0.0752. The number of hydrogen-bond donors (Lipinski definition) is 1. The highest BCUT2D eigenvalue weighted by Crippen LogP contribution is 2.18. The van der Waals surface area contributed by atoms with Gasteiger partial charge in [-0.15, -0.1) is 0 Å². The van der Waals surface area contributed by atoms with Crippen molar-refractivity contribution in [1.29, 1.82) is 0 Å². The molecule has 0 radical (unpaired) electrons. The molecule has 0 bridgehead atoms. The van der Waals surface area contributed by atoms with Crippen LogP contribution in [0.2, 0.25) is 0 Å². The fourth-order valence-corrected chi connectivity index (χ4v) is 3.86. The Kier molecular flexibility index (Phi) is 7.36. The van der Waals surface area contributed by atoms with Crippen LogP contribution in [0.1, 0.15) is 38.9 Å². The maximum Gasteiger partial charge on any atom is 0.240 e. The lowest BCUT2D eigenvalue weighted by Crippen LogP contribution is -2.57. The van der Waals surface area contributed by atoms with Gasteiger partial charge in [0, 0.05) is 45.2 Å². The van der Waals surface area contributed by atoms with E-state index in [1.54, 1.807) is 6.26 Å². The van der Waals surface area contributed by atoms with E-state index >= 15 is 0 Å². The van der Waals surface area contributed by atoms with Crippen molar-refractivity contribution >= 4 is 11.9 Å². The van der Waals surface area contributed by atoms with Crippen molar-refractivity contribution in [3.05, 3.63) is 24.2 Å². The molecule has 2 aliphatic rings. The summed E-state index contributed by atoms with van der Waals surface area (Å²) in [5.74, 6) is 2.21. The van der Waals surface area contributed by atoms with Gasteiger partial charge in [0.05, 0.1) is 12.3 Å². The fourth-order valence-electron chi connectivity index (χ4n) is 3.86. The first kappa shape index (κ1) is 20.7. The first-order valence-corrected chi connectivity index (χ1v) is 10.7. The fraction of sp³-hybridized carbons (Fsp3) is 0.714. The molecule has 2 fully saturated rings. The van der Waals surface area contributed by atoms with Crippen LogP contribution in [0.15, 0.2) is 27.8 Å². The lowest BCUT2D eigenvalue weighted by molar-refractivity contribution is -0.136. The molecule has 28 heavy (non-hydrogen) atoms. The number of likely N-dealkylation sites (tertiary alicyclic amines) is 1. The number of aliphatic imine (C=N–C) groups is 1. The first-order valence-electron chi connectivity index (χ1n) is 10.7. The van der Waals surface area contributed by atoms with Crippen LogP contribution in [-0.4, -0.2) is 85.0 Å². The molecule has 7 nitrogen and oxygen atoms in total. The molecule has 1 amide bonds. The van der Waals surface area contributed by atoms with Gasteiger partial charge in [-0.2, -0.15) is 0 Å². The van der Waals surface area contributed by atoms with Crippen LogP contribution in [0.3, 0.4) is 0 Å². The molecule has 0 spiro atoms. The van der Waals surface area contributed by atoms with Crippen LogP contribution in [0.5, 0.6) is 0 Å². The monoisotopic (exact) mass is 389 g/mol. The van der Waals surface area contributed by atoms with Crippen LogP contribution in [0.25, 0.3) is 0 Å². The topological polar surface area (TPSA) is 64.3 Å². The molecule has 0 saturated carbocycles. The second kappa shape index (κ2) is 9.96. The molecule has 2 saturated heterocycles. The third-order valence-electron chi connectivity index (χ3n) is 5.88. The van der Waals surface area contributed by atoms with E-state index < -0.39 is 0 Å². The number of rotatable bonds is 6. The maximum atomic E-state index is 12.8. The van der Waals surface area contributed by atoms with Crippen molar-refractivity contribution in [3.63, 3.8) is 0 Å². The Balaban J connectivity index is 1.56. The summed E-state index contributed by atoms with van der Waals surface area (Å²) in [7, 11) is 2.06. The van der Waals surface area contributed by atoms with Gasteiger partial charge in [-0.3, -0.25) is 14.7 Å². The van der Waals surface area contributed by atoms with Crippen LogP contribution in [0.4, 0.5) is 0 Å². The van der Waals surface area contributed by atoms with Gasteiger partial charge in [0.2, 0.25) is 5.91 Å². The minimum atomic E-state index is 0.0752. The molecular weight excluding hydrogens is 354 g/mol. The molecular formula is C21H35N5O2. The minimum Gasteiger partial charge on any atom is -0.469 e. The molecule has 7 heteroatoms. The van der Waals surface area contributed by atoms with Gasteiger partial charge >= 0.3 is 0 Å². The van der Waals surface area contributed by atoms with Crippen molar-refractivity contribution < 1.29 is 9.21 Å². The molecule has 1 aromatic heterocycles. The summed E-state index contributed by atoms with van der Waals surface area (Å²) in [5, 5.41) is 3.56. The van der Waals surface area contributed by atoms with E-state index in [1.165, 1.54) is 0 Å². The van der Waals surface area contributed by atoms with E-state index in [0.717, 1.165) is 70.1 Å². The van der Waals surface area contributed by atoms with Crippen molar-refractivity contribution in [2.24, 2.45) is 4.99 Å². The predicted octanol–water partition coefficient (Wildman–Crippen LogP) is 1.80. The second-order valence-corrected chi connectivity index (χ2v) is 7.94. The molecule has 156 valence electrons. The summed E-state index contributed by atoms with van der Waals surface area (Å²) in [6, 6.07) is 4.34. The third-order valence-corrected chi connectivity index (χ3v) is 5.88. The Morgan fingerprint density at radius 3 is 2.64 bits per heavy atom. The molecule has 3 rings (SSSR count). The number of hydrogen-bond acceptors (Lipinski definition) is 4. The van der Waals surface area contributed by atoms with Crippen LogP contribution < -0.4 is 5.32 Å². The van der Waals surface area contributed by atoms with Crippen LogP contribution in [-0.2, 0) is 11.2 Å². The van der Waals surface area contributed by atoms with Crippen molar-refractivity contribution in [1.82, 2.24) is 20.0 Å². The van der Waals surface area contributed by atoms with Gasteiger partial charge in [0.25, 0.3) is 0 Å². The number of nitrogens with one attached hydrogen (secondary N) is 1. The molecule has 1 aromatic rings. The Bertz CT molecular complexity index is 637. The van der Waals surface area contributed by atoms with Gasteiger partial charge in [0.15, 0.2) is 5.96 Å². The maximum absolute atomic E-state index is 12.8. The molecule has 3 heterocycles. The summed E-state index contributed by atoms with van der Waals surface area (Å²) in [4.78, 5) is 24.2. The largest absolute Gasteiger partial charge is 0.469 e. The zero-order valence-corrected chi connectivity index (χ0v) is 17.6. The lowest BCUT2D eigenvalue weighted by Gasteiger charge is -2.38. The van der Waals surface area contributed by atoms with Gasteiger partial charge in [-0.05, 0) is 51.9 Å². The number of piperazine rings is 1. The van der Waals surface area contributed by atoms with Gasteiger partial charge in [-0.1, -0.05) is 6.92 Å². The van der Waals surface area contributed by atoms with Crippen LogP contribution in [0, 0.1) is 0 Å². The summed E-state index contributed by atoms with van der Waals surface area (Å²) in [5.41, 5.74) is 0. The molecule has 2 aliphatic heterocycles. The van der Waals surface area contributed by atoms with Crippen molar-refractivity contribution in [2.45, 2.75) is 51.6 Å². The summed E-state index contributed by atoms with van der Waals surface area (Å²) in [6.07, 6.45) is 5.66. The van der Waals surface area contributed by atoms with E-state index in [1.807, 2.05) is 17.0 Å². The number of nitrogens with zero attached hydrogens (tertiary/aromatic N) is 4.